The monoisotopic (exact) mass is 336 g/mol. The van der Waals surface area contributed by atoms with E-state index >= 15 is 0 Å². The molecule has 0 unspecified atom stereocenters. The SMILES string of the molecule is Cc1nc(-c2cccc(NC(=O)[C@@H]3CCC[C@@H]3CN)c2)no1.Cl. The maximum absolute atomic E-state index is 12.4. The van der Waals surface area contributed by atoms with E-state index in [1.165, 1.54) is 0 Å². The number of benzene rings is 1. The zero-order chi connectivity index (χ0) is 15.5. The average Bonchev–Trinajstić information content (AvgIpc) is 3.16. The number of hydrogen-bond donors (Lipinski definition) is 2. The first-order chi connectivity index (χ1) is 10.7. The van der Waals surface area contributed by atoms with E-state index in [0.29, 0.717) is 24.2 Å². The van der Waals surface area contributed by atoms with Crippen LogP contribution in [-0.2, 0) is 4.79 Å². The molecule has 1 aliphatic carbocycles. The topological polar surface area (TPSA) is 94.0 Å². The molecule has 2 aromatic rings. The van der Waals surface area contributed by atoms with E-state index in [4.69, 9.17) is 10.3 Å². The third kappa shape index (κ3) is 3.89. The van der Waals surface area contributed by atoms with Crippen molar-refractivity contribution in [3.63, 3.8) is 0 Å². The number of halogens is 1. The minimum atomic E-state index is 0. The maximum atomic E-state index is 12.4. The van der Waals surface area contributed by atoms with Gasteiger partial charge in [0.25, 0.3) is 0 Å². The summed E-state index contributed by atoms with van der Waals surface area (Å²) in [6.07, 6.45) is 3.02. The van der Waals surface area contributed by atoms with Gasteiger partial charge in [-0.2, -0.15) is 4.98 Å². The summed E-state index contributed by atoms with van der Waals surface area (Å²) in [5.41, 5.74) is 7.31. The molecule has 1 saturated carbocycles. The van der Waals surface area contributed by atoms with Crippen LogP contribution in [0.4, 0.5) is 5.69 Å². The summed E-state index contributed by atoms with van der Waals surface area (Å²) in [7, 11) is 0. The Balaban J connectivity index is 0.00000192. The van der Waals surface area contributed by atoms with Gasteiger partial charge >= 0.3 is 0 Å². The predicted molar refractivity (Wildman–Crippen MR) is 90.2 cm³/mol. The van der Waals surface area contributed by atoms with E-state index < -0.39 is 0 Å². The van der Waals surface area contributed by atoms with Crippen molar-refractivity contribution < 1.29 is 9.32 Å². The number of nitrogens with two attached hydrogens (primary N) is 1. The van der Waals surface area contributed by atoms with Gasteiger partial charge in [-0.15, -0.1) is 12.4 Å². The lowest BCUT2D eigenvalue weighted by Crippen LogP contribution is -2.29. The fraction of sp³-hybridized carbons (Fsp3) is 0.438. The van der Waals surface area contributed by atoms with Gasteiger partial charge in [-0.05, 0) is 37.4 Å². The fourth-order valence-corrected chi connectivity index (χ4v) is 3.05. The Bertz CT molecular complexity index is 674. The second kappa shape index (κ2) is 7.57. The number of carbonyl (C=O) groups excluding carboxylic acids is 1. The predicted octanol–water partition coefficient (Wildman–Crippen LogP) is 2.78. The van der Waals surface area contributed by atoms with Gasteiger partial charge in [-0.3, -0.25) is 4.79 Å². The third-order valence-electron chi connectivity index (χ3n) is 4.21. The molecule has 1 aromatic heterocycles. The zero-order valence-electron chi connectivity index (χ0n) is 13.0. The highest BCUT2D eigenvalue weighted by Crippen LogP contribution is 2.32. The zero-order valence-corrected chi connectivity index (χ0v) is 13.8. The van der Waals surface area contributed by atoms with Crippen LogP contribution in [-0.4, -0.2) is 22.6 Å². The van der Waals surface area contributed by atoms with Gasteiger partial charge in [0.1, 0.15) is 0 Å². The van der Waals surface area contributed by atoms with E-state index in [0.717, 1.165) is 30.5 Å². The summed E-state index contributed by atoms with van der Waals surface area (Å²) < 4.78 is 4.99. The number of aryl methyl sites for hydroxylation is 1. The number of aromatic nitrogens is 2. The molecule has 0 aliphatic heterocycles. The lowest BCUT2D eigenvalue weighted by atomic mass is 9.95. The third-order valence-corrected chi connectivity index (χ3v) is 4.21. The molecular formula is C16H21ClN4O2. The van der Waals surface area contributed by atoms with Crippen LogP contribution in [0, 0.1) is 18.8 Å². The number of rotatable bonds is 4. The highest BCUT2D eigenvalue weighted by Gasteiger charge is 2.31. The summed E-state index contributed by atoms with van der Waals surface area (Å²) in [5, 5.41) is 6.88. The largest absolute Gasteiger partial charge is 0.339 e. The standard InChI is InChI=1S/C16H20N4O2.ClH/c1-10-18-15(20-22-10)11-4-2-6-13(8-11)19-16(21)14-7-3-5-12(14)9-17;/h2,4,6,8,12,14H,3,5,7,9,17H2,1H3,(H,19,21);1H/t12-,14-;/m1./s1. The van der Waals surface area contributed by atoms with E-state index in [1.807, 2.05) is 24.3 Å². The molecular weight excluding hydrogens is 316 g/mol. The minimum absolute atomic E-state index is 0. The smallest absolute Gasteiger partial charge is 0.227 e. The second-order valence-corrected chi connectivity index (χ2v) is 5.74. The molecule has 124 valence electrons. The van der Waals surface area contributed by atoms with Crippen molar-refractivity contribution in [2.24, 2.45) is 17.6 Å². The molecule has 23 heavy (non-hydrogen) atoms. The molecule has 1 heterocycles. The molecule has 7 heteroatoms. The molecule has 6 nitrogen and oxygen atoms in total. The molecule has 0 spiro atoms. The molecule has 1 aliphatic rings. The van der Waals surface area contributed by atoms with Gasteiger partial charge < -0.3 is 15.6 Å². The number of hydrogen-bond acceptors (Lipinski definition) is 5. The Hall–Kier alpha value is -1.92. The number of carbonyl (C=O) groups is 1. The van der Waals surface area contributed by atoms with Gasteiger partial charge in [-0.25, -0.2) is 0 Å². The van der Waals surface area contributed by atoms with E-state index in [2.05, 4.69) is 15.5 Å². The normalized spacial score (nSPS) is 20.1. The lowest BCUT2D eigenvalue weighted by molar-refractivity contribution is -0.120. The van der Waals surface area contributed by atoms with Crippen molar-refractivity contribution in [3.8, 4) is 11.4 Å². The van der Waals surface area contributed by atoms with Crippen LogP contribution >= 0.6 is 12.4 Å². The average molecular weight is 337 g/mol. The molecule has 1 amide bonds. The Morgan fingerprint density at radius 2 is 2.26 bits per heavy atom. The highest BCUT2D eigenvalue weighted by atomic mass is 35.5. The molecule has 0 saturated heterocycles. The Labute approximate surface area is 141 Å². The van der Waals surface area contributed by atoms with Crippen molar-refractivity contribution in [3.05, 3.63) is 30.2 Å². The van der Waals surface area contributed by atoms with Crippen LogP contribution in [0.15, 0.2) is 28.8 Å². The Morgan fingerprint density at radius 1 is 1.43 bits per heavy atom. The summed E-state index contributed by atoms with van der Waals surface area (Å²) in [4.78, 5) is 16.6. The number of amides is 1. The first-order valence-electron chi connectivity index (χ1n) is 7.59. The molecule has 3 N–H and O–H groups in total. The Morgan fingerprint density at radius 3 is 2.96 bits per heavy atom. The van der Waals surface area contributed by atoms with Crippen LogP contribution < -0.4 is 11.1 Å². The maximum Gasteiger partial charge on any atom is 0.227 e. The van der Waals surface area contributed by atoms with Gasteiger partial charge in [0, 0.05) is 24.1 Å². The fourth-order valence-electron chi connectivity index (χ4n) is 3.05. The van der Waals surface area contributed by atoms with Gasteiger partial charge in [0.05, 0.1) is 0 Å². The number of nitrogens with zero attached hydrogens (tertiary/aromatic N) is 2. The van der Waals surface area contributed by atoms with Crippen molar-refractivity contribution in [1.29, 1.82) is 0 Å². The van der Waals surface area contributed by atoms with Crippen molar-refractivity contribution >= 4 is 24.0 Å². The van der Waals surface area contributed by atoms with Crippen LogP contribution in [0.25, 0.3) is 11.4 Å². The first kappa shape index (κ1) is 17.4. The first-order valence-corrected chi connectivity index (χ1v) is 7.59. The molecule has 3 rings (SSSR count). The van der Waals surface area contributed by atoms with E-state index in [1.54, 1.807) is 6.92 Å². The van der Waals surface area contributed by atoms with Crippen LogP contribution in [0.5, 0.6) is 0 Å². The summed E-state index contributed by atoms with van der Waals surface area (Å²) in [6.45, 7) is 2.31. The molecule has 0 radical (unpaired) electrons. The van der Waals surface area contributed by atoms with Crippen molar-refractivity contribution in [2.75, 3.05) is 11.9 Å². The van der Waals surface area contributed by atoms with Gasteiger partial charge in [-0.1, -0.05) is 23.7 Å². The van der Waals surface area contributed by atoms with Crippen LogP contribution in [0.2, 0.25) is 0 Å². The minimum Gasteiger partial charge on any atom is -0.339 e. The van der Waals surface area contributed by atoms with E-state index in [-0.39, 0.29) is 24.2 Å². The highest BCUT2D eigenvalue weighted by molar-refractivity contribution is 5.93. The molecule has 0 bridgehead atoms. The van der Waals surface area contributed by atoms with Crippen LogP contribution in [0.3, 0.4) is 0 Å². The lowest BCUT2D eigenvalue weighted by Gasteiger charge is -2.17. The number of nitrogens with one attached hydrogen (secondary N) is 1. The molecule has 2 atom stereocenters. The number of anilines is 1. The van der Waals surface area contributed by atoms with E-state index in [9.17, 15) is 4.79 Å². The van der Waals surface area contributed by atoms with Crippen LogP contribution in [0.1, 0.15) is 25.2 Å². The quantitative estimate of drug-likeness (QED) is 0.895. The second-order valence-electron chi connectivity index (χ2n) is 5.74. The van der Waals surface area contributed by atoms with Crippen molar-refractivity contribution in [1.82, 2.24) is 10.1 Å². The molecule has 1 aromatic carbocycles. The summed E-state index contributed by atoms with van der Waals surface area (Å²) in [5.74, 6) is 1.40. The van der Waals surface area contributed by atoms with Crippen molar-refractivity contribution in [2.45, 2.75) is 26.2 Å². The molecule has 1 fully saturated rings. The Kier molecular flexibility index (Phi) is 5.74. The summed E-state index contributed by atoms with van der Waals surface area (Å²) in [6, 6.07) is 7.47. The van der Waals surface area contributed by atoms with Gasteiger partial charge in [0.2, 0.25) is 17.6 Å². The van der Waals surface area contributed by atoms with Gasteiger partial charge in [0.15, 0.2) is 0 Å². The summed E-state index contributed by atoms with van der Waals surface area (Å²) >= 11 is 0.